The third-order valence-electron chi connectivity index (χ3n) is 5.30. The largest absolute Gasteiger partial charge is 0.451 e. The molecule has 36 heavy (non-hydrogen) atoms. The predicted octanol–water partition coefficient (Wildman–Crippen LogP) is 4.21. The van der Waals surface area contributed by atoms with Gasteiger partial charge in [-0.25, -0.2) is 9.78 Å². The van der Waals surface area contributed by atoms with Crippen LogP contribution in [0.5, 0.6) is 0 Å². The zero-order chi connectivity index (χ0) is 26.1. The minimum absolute atomic E-state index is 0.0944. The SMILES string of the molecule is CCCc1cc2c(N3CCn4c(nnc4C(F)(F)F)C3)nc(NCCNC(=O)OC(C)(C)C)nc2s1. The molecule has 4 heterocycles. The molecule has 0 saturated heterocycles. The fourth-order valence-electron chi connectivity index (χ4n) is 3.85. The zero-order valence-electron chi connectivity index (χ0n) is 20.6. The predicted molar refractivity (Wildman–Crippen MR) is 130 cm³/mol. The van der Waals surface area contributed by atoms with E-state index in [9.17, 15) is 18.0 Å². The molecule has 14 heteroatoms. The smallest absolute Gasteiger partial charge is 0.444 e. The van der Waals surface area contributed by atoms with Crippen LogP contribution in [0.25, 0.3) is 10.2 Å². The Kier molecular flexibility index (Phi) is 7.25. The lowest BCUT2D eigenvalue weighted by Gasteiger charge is -2.29. The molecular formula is C22H29F3N8O2S. The number of amides is 1. The minimum atomic E-state index is -4.55. The second-order valence-corrected chi connectivity index (χ2v) is 10.5. The number of anilines is 2. The number of alkyl carbamates (subject to hydrolysis) is 1. The van der Waals surface area contributed by atoms with Crippen LogP contribution >= 0.6 is 11.3 Å². The van der Waals surface area contributed by atoms with Crippen LogP contribution in [0.4, 0.5) is 29.7 Å². The third kappa shape index (κ3) is 5.97. The average molecular weight is 527 g/mol. The molecule has 10 nitrogen and oxygen atoms in total. The van der Waals surface area contributed by atoms with Crippen molar-refractivity contribution in [3.05, 3.63) is 22.6 Å². The molecule has 0 spiro atoms. The van der Waals surface area contributed by atoms with Crippen LogP contribution < -0.4 is 15.5 Å². The Morgan fingerprint density at radius 3 is 2.64 bits per heavy atom. The number of alkyl halides is 3. The van der Waals surface area contributed by atoms with Gasteiger partial charge in [0.2, 0.25) is 11.8 Å². The van der Waals surface area contributed by atoms with E-state index in [1.54, 1.807) is 32.1 Å². The molecular weight excluding hydrogens is 497 g/mol. The molecule has 0 aromatic carbocycles. The summed E-state index contributed by atoms with van der Waals surface area (Å²) in [6.45, 7) is 8.68. The summed E-state index contributed by atoms with van der Waals surface area (Å²) in [4.78, 5) is 25.0. The first kappa shape index (κ1) is 25.9. The lowest BCUT2D eigenvalue weighted by atomic mass is 10.2. The van der Waals surface area contributed by atoms with Crippen LogP contribution in [0, 0.1) is 0 Å². The summed E-state index contributed by atoms with van der Waals surface area (Å²) >= 11 is 1.57. The van der Waals surface area contributed by atoms with Gasteiger partial charge in [0, 0.05) is 31.1 Å². The van der Waals surface area contributed by atoms with E-state index >= 15 is 0 Å². The number of carbonyl (C=O) groups is 1. The highest BCUT2D eigenvalue weighted by Crippen LogP contribution is 2.35. The lowest BCUT2D eigenvalue weighted by molar-refractivity contribution is -0.147. The maximum Gasteiger partial charge on any atom is 0.451 e. The summed E-state index contributed by atoms with van der Waals surface area (Å²) in [6, 6.07) is 2.05. The minimum Gasteiger partial charge on any atom is -0.444 e. The van der Waals surface area contributed by atoms with Gasteiger partial charge in [0.25, 0.3) is 0 Å². The van der Waals surface area contributed by atoms with Crippen LogP contribution in [0.2, 0.25) is 0 Å². The van der Waals surface area contributed by atoms with Crippen molar-refractivity contribution in [2.45, 2.75) is 65.4 Å². The van der Waals surface area contributed by atoms with Gasteiger partial charge in [0.05, 0.1) is 11.9 Å². The summed E-state index contributed by atoms with van der Waals surface area (Å²) in [5.74, 6) is 0.256. The topological polar surface area (TPSA) is 110 Å². The van der Waals surface area contributed by atoms with Gasteiger partial charge in [-0.2, -0.15) is 18.2 Å². The number of thiophene rings is 1. The maximum atomic E-state index is 13.2. The number of rotatable bonds is 7. The molecule has 0 fully saturated rings. The number of fused-ring (bicyclic) bond motifs is 2. The van der Waals surface area contributed by atoms with E-state index in [4.69, 9.17) is 4.74 Å². The number of ether oxygens (including phenoxy) is 1. The molecule has 0 unspecified atom stereocenters. The fourth-order valence-corrected chi connectivity index (χ4v) is 4.97. The lowest BCUT2D eigenvalue weighted by Crippen LogP contribution is -2.36. The van der Waals surface area contributed by atoms with Gasteiger partial charge in [0.15, 0.2) is 5.82 Å². The summed E-state index contributed by atoms with van der Waals surface area (Å²) < 4.78 is 46.1. The van der Waals surface area contributed by atoms with Crippen molar-refractivity contribution >= 4 is 39.4 Å². The second-order valence-electron chi connectivity index (χ2n) is 9.42. The van der Waals surface area contributed by atoms with Crippen molar-refractivity contribution in [3.8, 4) is 0 Å². The number of aromatic nitrogens is 5. The van der Waals surface area contributed by atoms with Gasteiger partial charge < -0.3 is 24.8 Å². The van der Waals surface area contributed by atoms with Gasteiger partial charge in [-0.05, 0) is 33.3 Å². The number of aryl methyl sites for hydroxylation is 1. The fraction of sp³-hybridized carbons (Fsp3) is 0.591. The Morgan fingerprint density at radius 2 is 1.94 bits per heavy atom. The van der Waals surface area contributed by atoms with Gasteiger partial charge in [-0.3, -0.25) is 0 Å². The van der Waals surface area contributed by atoms with Crippen molar-refractivity contribution < 1.29 is 22.7 Å². The zero-order valence-corrected chi connectivity index (χ0v) is 21.4. The summed E-state index contributed by atoms with van der Waals surface area (Å²) in [5, 5.41) is 13.8. The Bertz CT molecular complexity index is 1230. The number of carbonyl (C=O) groups excluding carboxylic acids is 1. The quantitative estimate of drug-likeness (QED) is 0.441. The molecule has 3 aromatic rings. The monoisotopic (exact) mass is 526 g/mol. The molecule has 3 aromatic heterocycles. The maximum absolute atomic E-state index is 13.2. The molecule has 0 saturated carbocycles. The van der Waals surface area contributed by atoms with Crippen LogP contribution in [0.3, 0.4) is 0 Å². The van der Waals surface area contributed by atoms with E-state index < -0.39 is 23.7 Å². The third-order valence-corrected chi connectivity index (χ3v) is 6.39. The molecule has 4 rings (SSSR count). The van der Waals surface area contributed by atoms with Crippen molar-refractivity contribution in [3.63, 3.8) is 0 Å². The number of hydrogen-bond acceptors (Lipinski definition) is 9. The first-order chi connectivity index (χ1) is 16.9. The summed E-state index contributed by atoms with van der Waals surface area (Å²) in [6.07, 6.45) is -3.20. The summed E-state index contributed by atoms with van der Waals surface area (Å²) in [7, 11) is 0. The van der Waals surface area contributed by atoms with Crippen LogP contribution in [0.15, 0.2) is 6.07 Å². The molecule has 1 aliphatic heterocycles. The van der Waals surface area contributed by atoms with E-state index in [1.165, 1.54) is 0 Å². The number of nitrogens with one attached hydrogen (secondary N) is 2. The first-order valence-electron chi connectivity index (χ1n) is 11.7. The molecule has 0 atom stereocenters. The Balaban J connectivity index is 1.53. The number of nitrogens with zero attached hydrogens (tertiary/aromatic N) is 6. The highest BCUT2D eigenvalue weighted by atomic mass is 32.1. The van der Waals surface area contributed by atoms with Crippen molar-refractivity contribution in [2.75, 3.05) is 29.9 Å². The van der Waals surface area contributed by atoms with Gasteiger partial charge in [-0.1, -0.05) is 13.3 Å². The van der Waals surface area contributed by atoms with Crippen molar-refractivity contribution in [2.24, 2.45) is 0 Å². The Labute approximate surface area is 210 Å². The molecule has 0 bridgehead atoms. The summed E-state index contributed by atoms with van der Waals surface area (Å²) in [5.41, 5.74) is -0.588. The molecule has 196 valence electrons. The average Bonchev–Trinajstić information content (AvgIpc) is 3.38. The van der Waals surface area contributed by atoms with Crippen molar-refractivity contribution in [1.29, 1.82) is 0 Å². The van der Waals surface area contributed by atoms with Gasteiger partial charge in [-0.15, -0.1) is 21.5 Å². The normalized spacial score (nSPS) is 14.1. The molecule has 2 N–H and O–H groups in total. The van der Waals surface area contributed by atoms with E-state index in [-0.39, 0.29) is 18.9 Å². The van der Waals surface area contributed by atoms with Gasteiger partial charge in [0.1, 0.15) is 16.2 Å². The molecule has 0 radical (unpaired) electrons. The Hall–Kier alpha value is -3.16. The van der Waals surface area contributed by atoms with E-state index in [0.717, 1.165) is 32.5 Å². The number of hydrogen-bond donors (Lipinski definition) is 2. The highest BCUT2D eigenvalue weighted by Gasteiger charge is 2.39. The van der Waals surface area contributed by atoms with Crippen LogP contribution in [-0.2, 0) is 30.4 Å². The molecule has 1 amide bonds. The molecule has 1 aliphatic rings. The van der Waals surface area contributed by atoms with E-state index in [1.807, 2.05) is 11.0 Å². The van der Waals surface area contributed by atoms with E-state index in [0.29, 0.717) is 31.4 Å². The van der Waals surface area contributed by atoms with Gasteiger partial charge >= 0.3 is 12.3 Å². The molecule has 0 aliphatic carbocycles. The van der Waals surface area contributed by atoms with Crippen LogP contribution in [-0.4, -0.2) is 56.1 Å². The standard InChI is InChI=1S/C22H29F3N8O2S/c1-5-6-13-11-14-16(32-9-10-33-15(12-32)30-31-18(33)22(23,24)25)28-19(29-17(14)36-13)26-7-8-27-20(34)35-21(2,3)4/h11H,5-10,12H2,1-4H3,(H,27,34)(H,26,28,29). The van der Waals surface area contributed by atoms with Crippen LogP contribution in [0.1, 0.15) is 50.6 Å². The highest BCUT2D eigenvalue weighted by molar-refractivity contribution is 7.18. The van der Waals surface area contributed by atoms with Crippen molar-refractivity contribution in [1.82, 2.24) is 30.0 Å². The first-order valence-corrected chi connectivity index (χ1v) is 12.5. The number of halogens is 3. The van der Waals surface area contributed by atoms with E-state index in [2.05, 4.69) is 37.7 Å². The second kappa shape index (κ2) is 10.1. The Morgan fingerprint density at radius 1 is 1.17 bits per heavy atom.